The fraction of sp³-hybridized carbons (Fsp3) is 0.333. The van der Waals surface area contributed by atoms with Crippen molar-refractivity contribution in [1.29, 1.82) is 0 Å². The van der Waals surface area contributed by atoms with Gasteiger partial charge in [0.15, 0.2) is 18.9 Å². The Morgan fingerprint density at radius 3 is 2.42 bits per heavy atom. The van der Waals surface area contributed by atoms with Gasteiger partial charge in [-0.05, 0) is 29.8 Å². The van der Waals surface area contributed by atoms with Crippen LogP contribution in [0, 0.1) is 5.82 Å². The summed E-state index contributed by atoms with van der Waals surface area (Å²) >= 11 is 5.57. The van der Waals surface area contributed by atoms with E-state index in [0.717, 1.165) is 18.2 Å². The molecule has 0 aliphatic carbocycles. The molecule has 0 unspecified atom stereocenters. The first-order valence-electron chi connectivity index (χ1n) is 9.66. The molecular weight excluding hydrogens is 472 g/mol. The molecule has 0 radical (unpaired) electrons. The molecule has 2 N–H and O–H groups in total. The SMILES string of the molecule is O=C(COc1ccc(Cl)c(F)c1)N[C@H]1CO[C@H](C(=O)NCc2ccc(C(F)(F)F)cc2)CO1. The lowest BCUT2D eigenvalue weighted by Crippen LogP contribution is -2.51. The Balaban J connectivity index is 1.36. The van der Waals surface area contributed by atoms with Crippen molar-refractivity contribution in [1.82, 2.24) is 10.6 Å². The van der Waals surface area contributed by atoms with Crippen molar-refractivity contribution in [2.45, 2.75) is 25.1 Å². The number of nitrogens with one attached hydrogen (secondary N) is 2. The highest BCUT2D eigenvalue weighted by atomic mass is 35.5. The number of benzene rings is 2. The van der Waals surface area contributed by atoms with Crippen molar-refractivity contribution < 1.29 is 41.4 Å². The van der Waals surface area contributed by atoms with Gasteiger partial charge in [0.2, 0.25) is 0 Å². The predicted molar refractivity (Wildman–Crippen MR) is 108 cm³/mol. The predicted octanol–water partition coefficient (Wildman–Crippen LogP) is 3.05. The zero-order valence-electron chi connectivity index (χ0n) is 17.0. The van der Waals surface area contributed by atoms with Gasteiger partial charge in [-0.15, -0.1) is 0 Å². The van der Waals surface area contributed by atoms with Gasteiger partial charge in [0.25, 0.3) is 11.8 Å². The Bertz CT molecular complexity index is 980. The van der Waals surface area contributed by atoms with E-state index in [1.165, 1.54) is 24.3 Å². The number of carbonyl (C=O) groups excluding carboxylic acids is 2. The lowest BCUT2D eigenvalue weighted by atomic mass is 10.1. The largest absolute Gasteiger partial charge is 0.484 e. The molecule has 2 aromatic carbocycles. The van der Waals surface area contributed by atoms with E-state index in [9.17, 15) is 27.2 Å². The Kier molecular flexibility index (Phi) is 8.11. The summed E-state index contributed by atoms with van der Waals surface area (Å²) in [5.41, 5.74) is -0.292. The molecule has 2 atom stereocenters. The normalized spacial score (nSPS) is 18.5. The molecule has 2 aromatic rings. The summed E-state index contributed by atoms with van der Waals surface area (Å²) in [5.74, 6) is -1.61. The minimum Gasteiger partial charge on any atom is -0.484 e. The van der Waals surface area contributed by atoms with Crippen LogP contribution in [0.15, 0.2) is 42.5 Å². The summed E-state index contributed by atoms with van der Waals surface area (Å²) in [6.45, 7) is -0.648. The van der Waals surface area contributed by atoms with Gasteiger partial charge in [0.05, 0.1) is 23.8 Å². The number of rotatable bonds is 7. The minimum absolute atomic E-state index is 0.0135. The van der Waals surface area contributed by atoms with Gasteiger partial charge in [0.1, 0.15) is 11.6 Å². The van der Waals surface area contributed by atoms with Crippen LogP contribution in [0.3, 0.4) is 0 Å². The van der Waals surface area contributed by atoms with Crippen LogP contribution in [-0.2, 0) is 31.8 Å². The number of hydrogen-bond acceptors (Lipinski definition) is 5. The summed E-state index contributed by atoms with van der Waals surface area (Å²) in [4.78, 5) is 24.1. The lowest BCUT2D eigenvalue weighted by molar-refractivity contribution is -0.168. The number of carbonyl (C=O) groups is 2. The van der Waals surface area contributed by atoms with E-state index in [0.29, 0.717) is 5.56 Å². The van der Waals surface area contributed by atoms with Crippen molar-refractivity contribution in [2.75, 3.05) is 19.8 Å². The zero-order valence-corrected chi connectivity index (χ0v) is 17.7. The third-order valence-electron chi connectivity index (χ3n) is 4.52. The molecule has 0 bridgehead atoms. The highest BCUT2D eigenvalue weighted by Crippen LogP contribution is 2.29. The van der Waals surface area contributed by atoms with Crippen LogP contribution in [0.2, 0.25) is 5.02 Å². The molecule has 0 spiro atoms. The van der Waals surface area contributed by atoms with Crippen LogP contribution < -0.4 is 15.4 Å². The van der Waals surface area contributed by atoms with E-state index in [4.69, 9.17) is 25.8 Å². The van der Waals surface area contributed by atoms with E-state index in [-0.39, 0.29) is 30.5 Å². The molecule has 2 amide bonds. The third-order valence-corrected chi connectivity index (χ3v) is 4.83. The van der Waals surface area contributed by atoms with E-state index in [1.54, 1.807) is 0 Å². The fourth-order valence-electron chi connectivity index (χ4n) is 2.79. The summed E-state index contributed by atoms with van der Waals surface area (Å²) in [6.07, 6.45) is -6.19. The Morgan fingerprint density at radius 2 is 1.82 bits per heavy atom. The monoisotopic (exact) mass is 490 g/mol. The number of amides is 2. The molecule has 1 heterocycles. The molecule has 0 saturated carbocycles. The molecule has 12 heteroatoms. The molecule has 1 fully saturated rings. The van der Waals surface area contributed by atoms with E-state index < -0.39 is 48.3 Å². The number of alkyl halides is 3. The maximum absolute atomic E-state index is 13.4. The number of halogens is 5. The first kappa shape index (κ1) is 24.7. The fourth-order valence-corrected chi connectivity index (χ4v) is 2.91. The second-order valence-corrected chi connectivity index (χ2v) is 7.40. The van der Waals surface area contributed by atoms with Gasteiger partial charge in [0, 0.05) is 12.6 Å². The molecule has 0 aromatic heterocycles. The van der Waals surface area contributed by atoms with Gasteiger partial charge in [-0.3, -0.25) is 9.59 Å². The number of ether oxygens (including phenoxy) is 3. The van der Waals surface area contributed by atoms with Crippen molar-refractivity contribution in [3.63, 3.8) is 0 Å². The maximum atomic E-state index is 13.4. The maximum Gasteiger partial charge on any atom is 0.416 e. The smallest absolute Gasteiger partial charge is 0.416 e. The molecule has 178 valence electrons. The standard InChI is InChI=1S/C21H19ClF4N2O5/c22-15-6-5-14(7-16(15)23)31-10-18(29)28-19-11-32-17(9-33-19)20(30)27-8-12-1-3-13(4-2-12)21(24,25)26/h1-7,17,19H,8-11H2,(H,27,30)(H,28,29)/t17-,19+/m0/s1. The highest BCUT2D eigenvalue weighted by Gasteiger charge is 2.30. The molecule has 1 aliphatic rings. The summed E-state index contributed by atoms with van der Waals surface area (Å²) in [6, 6.07) is 8.16. The van der Waals surface area contributed by atoms with Crippen molar-refractivity contribution in [2.24, 2.45) is 0 Å². The lowest BCUT2D eigenvalue weighted by Gasteiger charge is -2.29. The Labute approximate surface area is 190 Å². The Morgan fingerprint density at radius 1 is 1.09 bits per heavy atom. The third kappa shape index (κ3) is 7.31. The van der Waals surface area contributed by atoms with Gasteiger partial charge in [-0.1, -0.05) is 23.7 Å². The van der Waals surface area contributed by atoms with Crippen LogP contribution in [0.25, 0.3) is 0 Å². The van der Waals surface area contributed by atoms with E-state index in [1.807, 2.05) is 0 Å². The molecule has 7 nitrogen and oxygen atoms in total. The van der Waals surface area contributed by atoms with Crippen LogP contribution in [-0.4, -0.2) is 44.0 Å². The summed E-state index contributed by atoms with van der Waals surface area (Å²) in [5, 5.41) is 4.98. The van der Waals surface area contributed by atoms with Crippen LogP contribution in [0.5, 0.6) is 5.75 Å². The second-order valence-electron chi connectivity index (χ2n) is 6.99. The van der Waals surface area contributed by atoms with Gasteiger partial charge in [-0.25, -0.2) is 4.39 Å². The first-order valence-corrected chi connectivity index (χ1v) is 10.0. The first-order chi connectivity index (χ1) is 15.6. The minimum atomic E-state index is -4.43. The summed E-state index contributed by atoms with van der Waals surface area (Å²) in [7, 11) is 0. The molecule has 1 aliphatic heterocycles. The topological polar surface area (TPSA) is 85.9 Å². The average Bonchev–Trinajstić information content (AvgIpc) is 2.78. The van der Waals surface area contributed by atoms with Gasteiger partial charge < -0.3 is 24.8 Å². The quantitative estimate of drug-likeness (QED) is 0.583. The van der Waals surface area contributed by atoms with Crippen LogP contribution in [0.1, 0.15) is 11.1 Å². The molecular formula is C21H19ClF4N2O5. The second kappa shape index (κ2) is 10.8. The van der Waals surface area contributed by atoms with Crippen molar-refractivity contribution in [3.05, 3.63) is 64.4 Å². The number of hydrogen-bond donors (Lipinski definition) is 2. The average molecular weight is 491 g/mol. The van der Waals surface area contributed by atoms with E-state index in [2.05, 4.69) is 10.6 Å². The Hall–Kier alpha value is -2.89. The van der Waals surface area contributed by atoms with Crippen molar-refractivity contribution >= 4 is 23.4 Å². The summed E-state index contributed by atoms with van der Waals surface area (Å²) < 4.78 is 67.1. The molecule has 33 heavy (non-hydrogen) atoms. The van der Waals surface area contributed by atoms with Crippen LogP contribution in [0.4, 0.5) is 17.6 Å². The van der Waals surface area contributed by atoms with Gasteiger partial charge in [-0.2, -0.15) is 13.2 Å². The zero-order chi connectivity index (χ0) is 24.0. The van der Waals surface area contributed by atoms with Gasteiger partial charge >= 0.3 is 6.18 Å². The molecule has 1 saturated heterocycles. The van der Waals surface area contributed by atoms with Crippen molar-refractivity contribution in [3.8, 4) is 5.75 Å². The van der Waals surface area contributed by atoms with E-state index >= 15 is 0 Å². The molecule has 3 rings (SSSR count). The highest BCUT2D eigenvalue weighted by molar-refractivity contribution is 6.30. The van der Waals surface area contributed by atoms with Crippen LogP contribution >= 0.6 is 11.6 Å².